The van der Waals surface area contributed by atoms with E-state index in [2.05, 4.69) is 17.1 Å². The van der Waals surface area contributed by atoms with Gasteiger partial charge in [-0.25, -0.2) is 0 Å². The van der Waals surface area contributed by atoms with Gasteiger partial charge in [0.15, 0.2) is 0 Å². The Balaban J connectivity index is 1.86. The zero-order valence-electron chi connectivity index (χ0n) is 15.3. The summed E-state index contributed by atoms with van der Waals surface area (Å²) < 4.78 is 7.23. The minimum atomic E-state index is -0.147. The molecule has 2 aromatic heterocycles. The molecule has 0 saturated carbocycles. The summed E-state index contributed by atoms with van der Waals surface area (Å²) >= 11 is 6.20. The van der Waals surface area contributed by atoms with Crippen LogP contribution in [0.1, 0.15) is 30.8 Å². The maximum absolute atomic E-state index is 13.3. The average Bonchev–Trinajstić information content (AvgIpc) is 3.08. The van der Waals surface area contributed by atoms with Crippen LogP contribution in [-0.2, 0) is 6.54 Å². The van der Waals surface area contributed by atoms with Gasteiger partial charge in [0.05, 0.1) is 17.6 Å². The van der Waals surface area contributed by atoms with Crippen molar-refractivity contribution in [1.29, 1.82) is 0 Å². The van der Waals surface area contributed by atoms with Gasteiger partial charge in [-0.2, -0.15) is 4.98 Å². The van der Waals surface area contributed by atoms with Crippen LogP contribution in [0.4, 0.5) is 0 Å². The maximum atomic E-state index is 13.3. The first kappa shape index (κ1) is 18.2. The van der Waals surface area contributed by atoms with E-state index in [0.29, 0.717) is 22.7 Å². The summed E-state index contributed by atoms with van der Waals surface area (Å²) in [5, 5.41) is 4.04. The average molecular weight is 387 g/mol. The van der Waals surface area contributed by atoms with Crippen molar-refractivity contribution in [2.45, 2.75) is 25.9 Å². The molecule has 142 valence electrons. The topological polar surface area (TPSA) is 63.3 Å². The summed E-state index contributed by atoms with van der Waals surface area (Å²) in [4.78, 5) is 20.4. The molecule has 1 aliphatic heterocycles. The molecule has 3 aromatic rings. The molecule has 1 N–H and O–H groups in total. The number of piperazine rings is 1. The SMILES string of the molecule is CCC(c1nc2occ(Cl)c2c(=O)n1Cc1ccccc1)N1CCNCC1. The highest BCUT2D eigenvalue weighted by atomic mass is 35.5. The monoisotopic (exact) mass is 386 g/mol. The maximum Gasteiger partial charge on any atom is 0.266 e. The van der Waals surface area contributed by atoms with Crippen LogP contribution in [-0.4, -0.2) is 40.6 Å². The molecule has 4 rings (SSSR count). The lowest BCUT2D eigenvalue weighted by Crippen LogP contribution is -2.46. The first-order valence-electron chi connectivity index (χ1n) is 9.35. The van der Waals surface area contributed by atoms with Gasteiger partial charge in [0.2, 0.25) is 5.71 Å². The second-order valence-electron chi connectivity index (χ2n) is 6.82. The Morgan fingerprint density at radius 2 is 2.00 bits per heavy atom. The number of benzene rings is 1. The van der Waals surface area contributed by atoms with Crippen molar-refractivity contribution < 1.29 is 4.42 Å². The molecular weight excluding hydrogens is 364 g/mol. The van der Waals surface area contributed by atoms with Gasteiger partial charge in [-0.05, 0) is 12.0 Å². The summed E-state index contributed by atoms with van der Waals surface area (Å²) in [6, 6.07) is 10.0. The third kappa shape index (κ3) is 3.52. The first-order valence-corrected chi connectivity index (χ1v) is 9.73. The van der Waals surface area contributed by atoms with E-state index >= 15 is 0 Å². The van der Waals surface area contributed by atoms with Crippen LogP contribution >= 0.6 is 11.6 Å². The van der Waals surface area contributed by atoms with Gasteiger partial charge < -0.3 is 9.73 Å². The number of rotatable bonds is 5. The van der Waals surface area contributed by atoms with Crippen molar-refractivity contribution in [3.05, 3.63) is 63.4 Å². The third-order valence-electron chi connectivity index (χ3n) is 5.14. The highest BCUT2D eigenvalue weighted by molar-refractivity contribution is 6.35. The zero-order valence-corrected chi connectivity index (χ0v) is 16.1. The summed E-state index contributed by atoms with van der Waals surface area (Å²) in [6.45, 7) is 6.32. The Morgan fingerprint density at radius 3 is 2.70 bits per heavy atom. The lowest BCUT2D eigenvalue weighted by molar-refractivity contribution is 0.158. The number of nitrogens with zero attached hydrogens (tertiary/aromatic N) is 3. The van der Waals surface area contributed by atoms with E-state index in [1.54, 1.807) is 4.57 Å². The van der Waals surface area contributed by atoms with Gasteiger partial charge in [-0.15, -0.1) is 0 Å². The molecule has 0 spiro atoms. The van der Waals surface area contributed by atoms with Gasteiger partial charge in [0.1, 0.15) is 17.5 Å². The molecule has 1 unspecified atom stereocenters. The molecule has 0 radical (unpaired) electrons. The number of hydrogen-bond donors (Lipinski definition) is 1. The second kappa shape index (κ2) is 7.84. The van der Waals surface area contributed by atoms with Crippen molar-refractivity contribution in [2.75, 3.05) is 26.2 Å². The predicted octanol–water partition coefficient (Wildman–Crippen LogP) is 3.05. The molecule has 3 heterocycles. The van der Waals surface area contributed by atoms with Crippen LogP contribution in [0.25, 0.3) is 11.1 Å². The van der Waals surface area contributed by atoms with Crippen LogP contribution in [0, 0.1) is 0 Å². The molecule has 1 atom stereocenters. The highest BCUT2D eigenvalue weighted by Gasteiger charge is 2.27. The number of furan rings is 1. The van der Waals surface area contributed by atoms with Gasteiger partial charge in [0.25, 0.3) is 5.56 Å². The Morgan fingerprint density at radius 1 is 1.26 bits per heavy atom. The fourth-order valence-electron chi connectivity index (χ4n) is 3.78. The van der Waals surface area contributed by atoms with E-state index < -0.39 is 0 Å². The highest BCUT2D eigenvalue weighted by Crippen LogP contribution is 2.27. The second-order valence-corrected chi connectivity index (χ2v) is 7.23. The molecule has 7 heteroatoms. The van der Waals surface area contributed by atoms with E-state index in [9.17, 15) is 4.79 Å². The number of fused-ring (bicyclic) bond motifs is 1. The lowest BCUT2D eigenvalue weighted by Gasteiger charge is -2.34. The van der Waals surface area contributed by atoms with Crippen molar-refractivity contribution in [1.82, 2.24) is 19.8 Å². The molecule has 1 aromatic carbocycles. The molecule has 6 nitrogen and oxygen atoms in total. The van der Waals surface area contributed by atoms with Gasteiger partial charge >= 0.3 is 0 Å². The summed E-state index contributed by atoms with van der Waals surface area (Å²) in [7, 11) is 0. The number of hydrogen-bond acceptors (Lipinski definition) is 5. The Labute approximate surface area is 162 Å². The lowest BCUT2D eigenvalue weighted by atomic mass is 10.1. The minimum absolute atomic E-state index is 0.0526. The van der Waals surface area contributed by atoms with E-state index in [1.165, 1.54) is 6.26 Å². The van der Waals surface area contributed by atoms with Crippen LogP contribution < -0.4 is 10.9 Å². The van der Waals surface area contributed by atoms with E-state index in [1.807, 2.05) is 30.3 Å². The molecule has 0 amide bonds. The molecular formula is C20H23ClN4O2. The largest absolute Gasteiger partial charge is 0.444 e. The fourth-order valence-corrected chi connectivity index (χ4v) is 3.98. The van der Waals surface area contributed by atoms with Crippen LogP contribution in [0.2, 0.25) is 5.02 Å². The van der Waals surface area contributed by atoms with E-state index in [4.69, 9.17) is 21.0 Å². The number of nitrogens with one attached hydrogen (secondary N) is 1. The smallest absolute Gasteiger partial charge is 0.266 e. The number of aromatic nitrogens is 2. The van der Waals surface area contributed by atoms with Crippen molar-refractivity contribution >= 4 is 22.7 Å². The summed E-state index contributed by atoms with van der Waals surface area (Å²) in [6.07, 6.45) is 2.25. The van der Waals surface area contributed by atoms with E-state index in [0.717, 1.165) is 44.0 Å². The summed E-state index contributed by atoms with van der Waals surface area (Å²) in [5.74, 6) is 0.742. The third-order valence-corrected chi connectivity index (χ3v) is 5.42. The molecule has 0 aliphatic carbocycles. The van der Waals surface area contributed by atoms with Crippen molar-refractivity contribution in [2.24, 2.45) is 0 Å². The first-order chi connectivity index (χ1) is 13.2. The molecule has 0 bridgehead atoms. The minimum Gasteiger partial charge on any atom is -0.444 e. The van der Waals surface area contributed by atoms with Crippen LogP contribution in [0.15, 0.2) is 45.8 Å². The Bertz CT molecular complexity index is 977. The molecule has 1 saturated heterocycles. The van der Waals surface area contributed by atoms with E-state index in [-0.39, 0.29) is 11.6 Å². The fraction of sp³-hybridized carbons (Fsp3) is 0.400. The Kier molecular flexibility index (Phi) is 5.29. The normalized spacial score (nSPS) is 16.7. The summed E-state index contributed by atoms with van der Waals surface area (Å²) in [5.41, 5.74) is 1.22. The molecule has 27 heavy (non-hydrogen) atoms. The number of halogens is 1. The van der Waals surface area contributed by atoms with Gasteiger partial charge in [0, 0.05) is 26.2 Å². The predicted molar refractivity (Wildman–Crippen MR) is 106 cm³/mol. The van der Waals surface area contributed by atoms with Crippen LogP contribution in [0.5, 0.6) is 0 Å². The quantitative estimate of drug-likeness (QED) is 0.730. The van der Waals surface area contributed by atoms with Crippen molar-refractivity contribution in [3.8, 4) is 0 Å². The van der Waals surface area contributed by atoms with Crippen molar-refractivity contribution in [3.63, 3.8) is 0 Å². The van der Waals surface area contributed by atoms with Gasteiger partial charge in [-0.3, -0.25) is 14.3 Å². The van der Waals surface area contributed by atoms with Crippen LogP contribution in [0.3, 0.4) is 0 Å². The zero-order chi connectivity index (χ0) is 18.8. The molecule has 1 aliphatic rings. The standard InChI is InChI=1S/C20H23ClN4O2/c1-2-16(24-10-8-22-9-11-24)18-23-19-17(15(21)13-27-19)20(26)25(18)12-14-6-4-3-5-7-14/h3-7,13,16,22H,2,8-12H2,1H3. The molecule has 1 fully saturated rings. The Hall–Kier alpha value is -2.15. The van der Waals surface area contributed by atoms with Gasteiger partial charge in [-0.1, -0.05) is 48.9 Å².